The minimum atomic E-state index is -2.08. The molecule has 0 aromatic carbocycles. The van der Waals surface area contributed by atoms with Crippen molar-refractivity contribution in [2.75, 3.05) is 13.2 Å². The van der Waals surface area contributed by atoms with Gasteiger partial charge in [-0.25, -0.2) is 9.59 Å². The lowest BCUT2D eigenvalue weighted by Gasteiger charge is -2.38. The van der Waals surface area contributed by atoms with Crippen molar-refractivity contribution in [2.45, 2.75) is 169 Å². The summed E-state index contributed by atoms with van der Waals surface area (Å²) in [6, 6.07) is 0. The molecule has 0 amide bonds. The Labute approximate surface area is 293 Å². The van der Waals surface area contributed by atoms with E-state index in [4.69, 9.17) is 9.47 Å². The number of ether oxygens (including phenoxy) is 2. The molecule has 260 valence electrons. The minimum absolute atomic E-state index is 0.304. The van der Waals surface area contributed by atoms with E-state index in [0.717, 1.165) is 48.3 Å². The molecule has 0 spiro atoms. The normalized spacial score (nSPS) is 14.0. The molecule has 4 nitrogen and oxygen atoms in total. The summed E-state index contributed by atoms with van der Waals surface area (Å²) >= 11 is 2.59. The van der Waals surface area contributed by atoms with Crippen molar-refractivity contribution in [1.29, 1.82) is 0 Å². The predicted octanol–water partition coefficient (Wildman–Crippen LogP) is 11.8. The molecule has 0 N–H and O–H groups in total. The van der Waals surface area contributed by atoms with Gasteiger partial charge < -0.3 is 9.47 Å². The average Bonchev–Trinajstić information content (AvgIpc) is 3.41. The number of hydrogen-bond acceptors (Lipinski definition) is 6. The van der Waals surface area contributed by atoms with E-state index < -0.39 is 28.1 Å². The average molecular weight is 705 g/mol. The molecule has 1 aliphatic rings. The molecule has 0 saturated heterocycles. The quantitative estimate of drug-likeness (QED) is 0.0690. The van der Waals surface area contributed by atoms with Crippen molar-refractivity contribution < 1.29 is 19.1 Å². The number of unbranched alkanes of at least 4 members (excludes halogenated alkanes) is 4. The number of rotatable bonds is 16. The molecule has 0 fully saturated rings. The molecular formula is C38H64O4S2Si2. The summed E-state index contributed by atoms with van der Waals surface area (Å²) in [5, 5.41) is 0. The zero-order valence-electron chi connectivity index (χ0n) is 31.6. The lowest BCUT2D eigenvalue weighted by atomic mass is 10.3. The van der Waals surface area contributed by atoms with E-state index in [9.17, 15) is 9.59 Å². The number of carbonyl (C=O) groups excluding carboxylic acids is 2. The Bertz CT molecular complexity index is 1070. The second-order valence-corrected chi connectivity index (χ2v) is 28.0. The number of esters is 2. The van der Waals surface area contributed by atoms with Crippen LogP contribution in [0.15, 0.2) is 19.6 Å². The maximum atomic E-state index is 13.4. The van der Waals surface area contributed by atoms with Gasteiger partial charge in [0.15, 0.2) is 0 Å². The second kappa shape index (κ2) is 20.2. The first-order valence-electron chi connectivity index (χ1n) is 17.8. The van der Waals surface area contributed by atoms with Crippen LogP contribution in [0.4, 0.5) is 0 Å². The van der Waals surface area contributed by atoms with Crippen LogP contribution in [-0.4, -0.2) is 41.3 Å². The van der Waals surface area contributed by atoms with Gasteiger partial charge in [0.2, 0.25) is 0 Å². The van der Waals surface area contributed by atoms with Crippen molar-refractivity contribution in [3.63, 3.8) is 0 Å². The van der Waals surface area contributed by atoms with Crippen molar-refractivity contribution in [3.05, 3.63) is 19.6 Å². The summed E-state index contributed by atoms with van der Waals surface area (Å²) in [6.45, 7) is 32.7. The lowest BCUT2D eigenvalue weighted by Crippen LogP contribution is -2.43. The predicted molar refractivity (Wildman–Crippen MR) is 208 cm³/mol. The largest absolute Gasteiger partial charge is 0.462 e. The topological polar surface area (TPSA) is 52.6 Å². The summed E-state index contributed by atoms with van der Waals surface area (Å²) in [6.07, 6.45) is 5.65. The van der Waals surface area contributed by atoms with Gasteiger partial charge in [-0.3, -0.25) is 0 Å². The maximum Gasteiger partial charge on any atom is 0.346 e. The molecule has 8 heteroatoms. The van der Waals surface area contributed by atoms with Crippen LogP contribution in [0.1, 0.15) is 135 Å². The third-order valence-corrected chi connectivity index (χ3v) is 24.8. The van der Waals surface area contributed by atoms with Crippen LogP contribution in [0.3, 0.4) is 0 Å². The van der Waals surface area contributed by atoms with Crippen LogP contribution >= 0.6 is 23.5 Å². The van der Waals surface area contributed by atoms with E-state index in [0.29, 0.717) is 56.3 Å². The first kappa shape index (κ1) is 42.7. The fraction of sp³-hybridized carbons (Fsp3) is 0.737. The van der Waals surface area contributed by atoms with Crippen LogP contribution in [0.5, 0.6) is 0 Å². The van der Waals surface area contributed by atoms with E-state index in [1.807, 2.05) is 0 Å². The van der Waals surface area contributed by atoms with Crippen LogP contribution in [0.25, 0.3) is 0 Å². The summed E-state index contributed by atoms with van der Waals surface area (Å²) in [5.41, 5.74) is 11.3. The number of allylic oxidation sites excluding steroid dienone is 1. The highest BCUT2D eigenvalue weighted by molar-refractivity contribution is 8.29. The molecule has 1 rings (SSSR count). The molecule has 0 saturated carbocycles. The van der Waals surface area contributed by atoms with E-state index in [1.165, 1.54) is 23.5 Å². The van der Waals surface area contributed by atoms with Crippen LogP contribution in [0, 0.1) is 22.9 Å². The third kappa shape index (κ3) is 10.8. The van der Waals surface area contributed by atoms with E-state index >= 15 is 0 Å². The van der Waals surface area contributed by atoms with Gasteiger partial charge in [0.05, 0.1) is 23.0 Å². The zero-order chi connectivity index (χ0) is 35.2. The van der Waals surface area contributed by atoms with Gasteiger partial charge in [-0.2, -0.15) is 0 Å². The Morgan fingerprint density at radius 3 is 1.13 bits per heavy atom. The smallest absolute Gasteiger partial charge is 0.346 e. The Balaban J connectivity index is 3.95. The van der Waals surface area contributed by atoms with Crippen LogP contribution < -0.4 is 0 Å². The molecule has 1 aliphatic heterocycles. The summed E-state index contributed by atoms with van der Waals surface area (Å²) in [4.78, 5) is 27.5. The van der Waals surface area contributed by atoms with Gasteiger partial charge in [0.25, 0.3) is 0 Å². The second-order valence-electron chi connectivity index (χ2n) is 14.5. The number of hydrogen-bond donors (Lipinski definition) is 0. The molecule has 0 aromatic rings. The Kier molecular flexibility index (Phi) is 18.8. The monoisotopic (exact) mass is 704 g/mol. The molecule has 0 aromatic heterocycles. The Hall–Kier alpha value is -1.33. The molecule has 1 heterocycles. The summed E-state index contributed by atoms with van der Waals surface area (Å²) < 4.78 is 12.1. The summed E-state index contributed by atoms with van der Waals surface area (Å²) in [5.74, 6) is 6.36. The van der Waals surface area contributed by atoms with E-state index in [1.54, 1.807) is 0 Å². The minimum Gasteiger partial charge on any atom is -0.462 e. The van der Waals surface area contributed by atoms with Crippen LogP contribution in [-0.2, 0) is 19.1 Å². The molecule has 0 unspecified atom stereocenters. The highest BCUT2D eigenvalue weighted by Crippen LogP contribution is 2.52. The molecule has 0 bridgehead atoms. The first-order chi connectivity index (χ1) is 21.5. The van der Waals surface area contributed by atoms with Crippen molar-refractivity contribution in [3.8, 4) is 22.9 Å². The van der Waals surface area contributed by atoms with Gasteiger partial charge in [0, 0.05) is 0 Å². The fourth-order valence-electron chi connectivity index (χ4n) is 7.18. The van der Waals surface area contributed by atoms with E-state index in [-0.39, 0.29) is 0 Å². The molecule has 0 atom stereocenters. The van der Waals surface area contributed by atoms with Gasteiger partial charge in [-0.1, -0.05) is 158 Å². The number of thioether (sulfide) groups is 2. The molecule has 0 radical (unpaired) electrons. The molecular weight excluding hydrogens is 641 g/mol. The van der Waals surface area contributed by atoms with Gasteiger partial charge >= 0.3 is 11.9 Å². The van der Waals surface area contributed by atoms with Gasteiger partial charge in [-0.05, 0) is 46.1 Å². The standard InChI is InChI=1S/C38H64O4S2Si2/c1-15-17-19-23-41-36(39)34-35(37(40)42-24-20-18-16-2)44-38(43-34)33(21-25-45(27(3)4,28(5)6)29(7)8)22-26-46(30(9)10,31(11)12)32(13)14/h27-32H,15-20,23-24H2,1-14H3. The van der Waals surface area contributed by atoms with Crippen molar-refractivity contribution in [2.24, 2.45) is 0 Å². The SMILES string of the molecule is CCCCCOC(=O)C1=C(C(=O)OCCCCC)SC(=C(C#C[Si](C(C)C)(C(C)C)C(C)C)C#C[Si](C(C)C)(C(C)C)C(C)C)S1. The van der Waals surface area contributed by atoms with Crippen molar-refractivity contribution in [1.82, 2.24) is 0 Å². The number of carbonyl (C=O) groups is 2. The Morgan fingerprint density at radius 1 is 0.565 bits per heavy atom. The van der Waals surface area contributed by atoms with Crippen molar-refractivity contribution >= 4 is 51.6 Å². The summed E-state index contributed by atoms with van der Waals surface area (Å²) in [7, 11) is -4.16. The third-order valence-electron chi connectivity index (χ3n) is 9.67. The molecule has 46 heavy (non-hydrogen) atoms. The fourth-order valence-corrected chi connectivity index (χ4v) is 19.9. The van der Waals surface area contributed by atoms with Gasteiger partial charge in [0.1, 0.15) is 26.0 Å². The van der Waals surface area contributed by atoms with E-state index in [2.05, 4.69) is 120 Å². The highest BCUT2D eigenvalue weighted by Gasteiger charge is 2.43. The molecule has 0 aliphatic carbocycles. The van der Waals surface area contributed by atoms with Gasteiger partial charge in [-0.15, -0.1) is 11.1 Å². The zero-order valence-corrected chi connectivity index (χ0v) is 35.2. The maximum absolute atomic E-state index is 13.4. The lowest BCUT2D eigenvalue weighted by molar-refractivity contribution is -0.141. The first-order valence-corrected chi connectivity index (χ1v) is 23.9. The Morgan fingerprint density at radius 2 is 0.870 bits per heavy atom. The van der Waals surface area contributed by atoms with Crippen LogP contribution in [0.2, 0.25) is 33.2 Å². The highest BCUT2D eigenvalue weighted by atomic mass is 32.2.